The van der Waals surface area contributed by atoms with Crippen LogP contribution in [0.1, 0.15) is 5.69 Å². The minimum Gasteiger partial charge on any atom is -0.480 e. The molecule has 0 aliphatic carbocycles. The van der Waals surface area contributed by atoms with Crippen molar-refractivity contribution in [3.8, 4) is 6.07 Å². The minimum absolute atomic E-state index is 0.278. The number of rotatable bonds is 1. The van der Waals surface area contributed by atoms with E-state index in [2.05, 4.69) is 28.9 Å². The lowest BCUT2D eigenvalue weighted by molar-refractivity contribution is -0.135. The van der Waals surface area contributed by atoms with Gasteiger partial charge in [-0.1, -0.05) is 36.4 Å². The van der Waals surface area contributed by atoms with Crippen LogP contribution in [0.3, 0.4) is 0 Å². The van der Waals surface area contributed by atoms with Crippen molar-refractivity contribution in [2.45, 2.75) is 0 Å². The highest BCUT2D eigenvalue weighted by Crippen LogP contribution is 2.26. The van der Waals surface area contributed by atoms with Gasteiger partial charge in [0.25, 0.3) is 0 Å². The SMILES string of the molecule is N#Cc1[nH]cc2c1ccc1ccccc12.NCC(=O)O. The van der Waals surface area contributed by atoms with Crippen LogP contribution < -0.4 is 5.73 Å². The number of carboxylic acid groups (broad SMARTS) is 1. The van der Waals surface area contributed by atoms with Gasteiger partial charge in [0.2, 0.25) is 0 Å². The zero-order valence-corrected chi connectivity index (χ0v) is 10.6. The number of hydrogen-bond acceptors (Lipinski definition) is 3. The van der Waals surface area contributed by atoms with E-state index in [1.54, 1.807) is 0 Å². The number of benzene rings is 2. The van der Waals surface area contributed by atoms with Gasteiger partial charge >= 0.3 is 5.97 Å². The molecule has 4 N–H and O–H groups in total. The molecule has 0 spiro atoms. The summed E-state index contributed by atoms with van der Waals surface area (Å²) in [6, 6.07) is 14.4. The number of nitrogens with two attached hydrogens (primary N) is 1. The van der Waals surface area contributed by atoms with Crippen LogP contribution in [-0.2, 0) is 4.79 Å². The number of carbonyl (C=O) groups is 1. The first-order valence-corrected chi connectivity index (χ1v) is 5.98. The predicted octanol–water partition coefficient (Wildman–Crippen LogP) is 2.22. The van der Waals surface area contributed by atoms with E-state index in [9.17, 15) is 4.79 Å². The summed E-state index contributed by atoms with van der Waals surface area (Å²) in [5, 5.41) is 21.0. The first-order valence-electron chi connectivity index (χ1n) is 5.98. The van der Waals surface area contributed by atoms with Crippen molar-refractivity contribution in [2.75, 3.05) is 6.54 Å². The van der Waals surface area contributed by atoms with Crippen LogP contribution >= 0.6 is 0 Å². The summed E-state index contributed by atoms with van der Waals surface area (Å²) in [7, 11) is 0. The number of nitriles is 1. The molecule has 0 fully saturated rings. The van der Waals surface area contributed by atoms with Crippen molar-refractivity contribution >= 4 is 27.5 Å². The molecule has 0 aliphatic rings. The van der Waals surface area contributed by atoms with E-state index in [1.165, 1.54) is 10.8 Å². The van der Waals surface area contributed by atoms with Gasteiger partial charge in [0, 0.05) is 17.0 Å². The number of H-pyrrole nitrogens is 1. The van der Waals surface area contributed by atoms with Gasteiger partial charge in [-0.2, -0.15) is 5.26 Å². The first-order chi connectivity index (χ1) is 9.67. The Bertz CT molecular complexity index is 800. The molecule has 0 saturated heterocycles. The van der Waals surface area contributed by atoms with Crippen LogP contribution in [0.2, 0.25) is 0 Å². The molecule has 0 radical (unpaired) electrons. The Balaban J connectivity index is 0.000000257. The summed E-state index contributed by atoms with van der Waals surface area (Å²) in [6.45, 7) is -0.278. The highest BCUT2D eigenvalue weighted by atomic mass is 16.4. The van der Waals surface area contributed by atoms with Gasteiger partial charge in [-0.25, -0.2) is 0 Å². The maximum Gasteiger partial charge on any atom is 0.317 e. The van der Waals surface area contributed by atoms with E-state index < -0.39 is 5.97 Å². The van der Waals surface area contributed by atoms with E-state index in [0.717, 1.165) is 10.8 Å². The van der Waals surface area contributed by atoms with Crippen LogP contribution in [0, 0.1) is 11.3 Å². The van der Waals surface area contributed by atoms with Crippen molar-refractivity contribution in [3.63, 3.8) is 0 Å². The molecule has 1 aromatic heterocycles. The number of hydrogen-bond donors (Lipinski definition) is 3. The van der Waals surface area contributed by atoms with Gasteiger partial charge < -0.3 is 15.8 Å². The molecule has 5 heteroatoms. The summed E-state index contributed by atoms with van der Waals surface area (Å²) >= 11 is 0. The summed E-state index contributed by atoms with van der Waals surface area (Å²) < 4.78 is 0. The number of aromatic nitrogens is 1. The van der Waals surface area contributed by atoms with Gasteiger partial charge in [-0.05, 0) is 10.8 Å². The highest BCUT2D eigenvalue weighted by Gasteiger charge is 2.05. The molecule has 3 rings (SSSR count). The van der Waals surface area contributed by atoms with E-state index in [4.69, 9.17) is 10.4 Å². The molecule has 0 bridgehead atoms. The third-order valence-corrected chi connectivity index (χ3v) is 2.89. The fourth-order valence-electron chi connectivity index (χ4n) is 1.98. The lowest BCUT2D eigenvalue weighted by Crippen LogP contribution is -2.10. The lowest BCUT2D eigenvalue weighted by Gasteiger charge is -1.98. The second-order valence-corrected chi connectivity index (χ2v) is 4.12. The molecule has 0 amide bonds. The fraction of sp³-hybridized carbons (Fsp3) is 0.0667. The standard InChI is InChI=1S/C13H8N2.C2H5NO2/c14-7-13-11-6-5-9-3-1-2-4-10(9)12(11)8-15-13;3-1-2(4)5/h1-6,8,15H;1,3H2,(H,4,5). The Morgan fingerprint density at radius 1 is 1.20 bits per heavy atom. The smallest absolute Gasteiger partial charge is 0.317 e. The summed E-state index contributed by atoms with van der Waals surface area (Å²) in [5.41, 5.74) is 5.21. The Hall–Kier alpha value is -2.84. The molecule has 1 heterocycles. The molecule has 0 saturated carbocycles. The van der Waals surface area contributed by atoms with Crippen molar-refractivity contribution in [3.05, 3.63) is 48.3 Å². The third kappa shape index (κ3) is 2.60. The van der Waals surface area contributed by atoms with Crippen molar-refractivity contribution in [1.29, 1.82) is 5.26 Å². The molecule has 20 heavy (non-hydrogen) atoms. The molecular formula is C15H13N3O2. The van der Waals surface area contributed by atoms with Crippen LogP contribution in [0.15, 0.2) is 42.6 Å². The fourth-order valence-corrected chi connectivity index (χ4v) is 1.98. The number of carboxylic acids is 1. The molecule has 3 aromatic rings. The van der Waals surface area contributed by atoms with Crippen LogP contribution in [0.5, 0.6) is 0 Å². The predicted molar refractivity (Wildman–Crippen MR) is 77.2 cm³/mol. The van der Waals surface area contributed by atoms with Gasteiger partial charge in [0.05, 0.1) is 6.54 Å². The van der Waals surface area contributed by atoms with Crippen molar-refractivity contribution in [1.82, 2.24) is 4.98 Å². The molecule has 2 aromatic carbocycles. The summed E-state index contributed by atoms with van der Waals surface area (Å²) in [5.74, 6) is -0.968. The first kappa shape index (κ1) is 13.6. The van der Waals surface area contributed by atoms with Crippen LogP contribution in [-0.4, -0.2) is 22.6 Å². The summed E-state index contributed by atoms with van der Waals surface area (Å²) in [4.78, 5) is 12.2. The maximum atomic E-state index is 9.24. The lowest BCUT2D eigenvalue weighted by atomic mass is 10.0. The minimum atomic E-state index is -0.968. The molecular weight excluding hydrogens is 254 g/mol. The average Bonchev–Trinajstić information content (AvgIpc) is 2.91. The summed E-state index contributed by atoms with van der Waals surface area (Å²) in [6.07, 6.45) is 1.90. The third-order valence-electron chi connectivity index (χ3n) is 2.89. The zero-order chi connectivity index (χ0) is 14.5. The van der Waals surface area contributed by atoms with Crippen molar-refractivity contribution < 1.29 is 9.90 Å². The molecule has 5 nitrogen and oxygen atoms in total. The molecule has 100 valence electrons. The van der Waals surface area contributed by atoms with E-state index >= 15 is 0 Å². The monoisotopic (exact) mass is 267 g/mol. The Morgan fingerprint density at radius 2 is 1.90 bits per heavy atom. The van der Waals surface area contributed by atoms with Crippen LogP contribution in [0.25, 0.3) is 21.5 Å². The molecule has 0 unspecified atom stereocenters. The van der Waals surface area contributed by atoms with Gasteiger partial charge in [-0.15, -0.1) is 0 Å². The molecule has 0 atom stereocenters. The Labute approximate surface area is 115 Å². The average molecular weight is 267 g/mol. The van der Waals surface area contributed by atoms with Crippen LogP contribution in [0.4, 0.5) is 0 Å². The normalized spacial score (nSPS) is 9.80. The largest absolute Gasteiger partial charge is 0.480 e. The van der Waals surface area contributed by atoms with Gasteiger partial charge in [0.1, 0.15) is 11.8 Å². The van der Waals surface area contributed by atoms with E-state index in [0.29, 0.717) is 5.69 Å². The zero-order valence-electron chi connectivity index (χ0n) is 10.6. The quantitative estimate of drug-likeness (QED) is 0.629. The number of aromatic amines is 1. The number of nitrogens with zero attached hydrogens (tertiary/aromatic N) is 1. The van der Waals surface area contributed by atoms with Gasteiger partial charge in [-0.3, -0.25) is 4.79 Å². The highest BCUT2D eigenvalue weighted by molar-refractivity contribution is 6.08. The second-order valence-electron chi connectivity index (χ2n) is 4.12. The van der Waals surface area contributed by atoms with E-state index in [-0.39, 0.29) is 6.54 Å². The second kappa shape index (κ2) is 5.87. The number of nitrogens with one attached hydrogen (secondary N) is 1. The number of fused-ring (bicyclic) bond motifs is 3. The number of aliphatic carboxylic acids is 1. The molecule has 0 aliphatic heterocycles. The van der Waals surface area contributed by atoms with Crippen molar-refractivity contribution in [2.24, 2.45) is 5.73 Å². The topological polar surface area (TPSA) is 103 Å². The van der Waals surface area contributed by atoms with E-state index in [1.807, 2.05) is 30.5 Å². The Morgan fingerprint density at radius 3 is 2.55 bits per heavy atom. The Kier molecular flexibility index (Phi) is 3.99. The maximum absolute atomic E-state index is 9.24. The van der Waals surface area contributed by atoms with Gasteiger partial charge in [0.15, 0.2) is 0 Å².